The minimum atomic E-state index is -0.274. The second-order valence-electron chi connectivity index (χ2n) is 6.39. The molecule has 1 unspecified atom stereocenters. The molecule has 0 aromatic heterocycles. The van der Waals surface area contributed by atoms with Crippen LogP contribution in [0.2, 0.25) is 0 Å². The maximum atomic E-state index is 11.8. The van der Waals surface area contributed by atoms with Crippen LogP contribution in [-0.2, 0) is 10.2 Å². The van der Waals surface area contributed by atoms with Crippen LogP contribution in [0.5, 0.6) is 11.5 Å². The Morgan fingerprint density at radius 2 is 1.80 bits per heavy atom. The van der Waals surface area contributed by atoms with Crippen LogP contribution in [0.4, 0.5) is 0 Å². The molecule has 3 rings (SSSR count). The van der Waals surface area contributed by atoms with Crippen molar-refractivity contribution >= 4 is 5.91 Å². The standard InChI is InChI=1S/C16H21NO3/c1-15(2)16(3,10-14(18)17-15)11-5-6-12-13(9-11)20-8-4-7-19-12/h5-6,9H,4,7-8,10H2,1-3H3,(H,17,18). The maximum absolute atomic E-state index is 11.8. The monoisotopic (exact) mass is 275 g/mol. The van der Waals surface area contributed by atoms with Gasteiger partial charge in [0.25, 0.3) is 0 Å². The van der Waals surface area contributed by atoms with E-state index in [4.69, 9.17) is 9.47 Å². The largest absolute Gasteiger partial charge is 0.490 e. The van der Waals surface area contributed by atoms with Crippen molar-refractivity contribution in [2.45, 2.75) is 44.6 Å². The molecule has 1 atom stereocenters. The first-order valence-corrected chi connectivity index (χ1v) is 7.13. The first-order chi connectivity index (χ1) is 9.42. The highest BCUT2D eigenvalue weighted by atomic mass is 16.5. The number of hydrogen-bond acceptors (Lipinski definition) is 3. The summed E-state index contributed by atoms with van der Waals surface area (Å²) in [4.78, 5) is 11.8. The molecule has 1 N–H and O–H groups in total. The van der Waals surface area contributed by atoms with E-state index >= 15 is 0 Å². The van der Waals surface area contributed by atoms with Gasteiger partial charge in [0.2, 0.25) is 5.91 Å². The normalized spacial score (nSPS) is 27.9. The van der Waals surface area contributed by atoms with Gasteiger partial charge in [-0.05, 0) is 31.5 Å². The summed E-state index contributed by atoms with van der Waals surface area (Å²) in [7, 11) is 0. The number of nitrogens with one attached hydrogen (secondary N) is 1. The Bertz CT molecular complexity index is 553. The lowest BCUT2D eigenvalue weighted by Crippen LogP contribution is -2.48. The first kappa shape index (κ1) is 13.3. The van der Waals surface area contributed by atoms with Crippen molar-refractivity contribution in [3.8, 4) is 11.5 Å². The molecule has 108 valence electrons. The Labute approximate surface area is 119 Å². The molecule has 1 aromatic rings. The predicted molar refractivity (Wildman–Crippen MR) is 76.2 cm³/mol. The van der Waals surface area contributed by atoms with Gasteiger partial charge >= 0.3 is 0 Å². The summed E-state index contributed by atoms with van der Waals surface area (Å²) in [6.45, 7) is 7.63. The van der Waals surface area contributed by atoms with Crippen molar-refractivity contribution in [2.24, 2.45) is 0 Å². The summed E-state index contributed by atoms with van der Waals surface area (Å²) in [5.41, 5.74) is 0.601. The molecule has 1 amide bonds. The summed E-state index contributed by atoms with van der Waals surface area (Å²) < 4.78 is 11.4. The van der Waals surface area contributed by atoms with Crippen molar-refractivity contribution in [1.29, 1.82) is 0 Å². The van der Waals surface area contributed by atoms with Crippen LogP contribution in [0.3, 0.4) is 0 Å². The minimum Gasteiger partial charge on any atom is -0.490 e. The van der Waals surface area contributed by atoms with Crippen molar-refractivity contribution in [2.75, 3.05) is 13.2 Å². The second-order valence-corrected chi connectivity index (χ2v) is 6.39. The fourth-order valence-electron chi connectivity index (χ4n) is 3.04. The molecular weight excluding hydrogens is 254 g/mol. The molecule has 1 aromatic carbocycles. The van der Waals surface area contributed by atoms with Gasteiger partial charge in [-0.15, -0.1) is 0 Å². The van der Waals surface area contributed by atoms with Crippen molar-refractivity contribution < 1.29 is 14.3 Å². The molecule has 4 heteroatoms. The van der Waals surface area contributed by atoms with Crippen LogP contribution in [0.1, 0.15) is 39.2 Å². The van der Waals surface area contributed by atoms with E-state index in [-0.39, 0.29) is 16.9 Å². The lowest BCUT2D eigenvalue weighted by atomic mass is 9.69. The van der Waals surface area contributed by atoms with Crippen molar-refractivity contribution in [1.82, 2.24) is 5.32 Å². The van der Waals surface area contributed by atoms with E-state index < -0.39 is 0 Å². The Balaban J connectivity index is 2.02. The summed E-state index contributed by atoms with van der Waals surface area (Å²) in [6.07, 6.45) is 1.40. The van der Waals surface area contributed by atoms with E-state index in [0.29, 0.717) is 19.6 Å². The molecule has 2 aliphatic rings. The lowest BCUT2D eigenvalue weighted by Gasteiger charge is -2.37. The maximum Gasteiger partial charge on any atom is 0.221 e. The van der Waals surface area contributed by atoms with Gasteiger partial charge < -0.3 is 14.8 Å². The predicted octanol–water partition coefficient (Wildman–Crippen LogP) is 2.40. The Hall–Kier alpha value is -1.71. The summed E-state index contributed by atoms with van der Waals surface area (Å²) in [5.74, 6) is 1.69. The molecule has 0 saturated carbocycles. The average molecular weight is 275 g/mol. The average Bonchev–Trinajstić information content (AvgIpc) is 2.57. The van der Waals surface area contributed by atoms with Crippen LogP contribution >= 0.6 is 0 Å². The molecule has 0 spiro atoms. The molecule has 1 fully saturated rings. The van der Waals surface area contributed by atoms with Crippen LogP contribution in [0.15, 0.2) is 18.2 Å². The zero-order chi connectivity index (χ0) is 14.4. The summed E-state index contributed by atoms with van der Waals surface area (Å²) in [5, 5.41) is 3.06. The van der Waals surface area contributed by atoms with Crippen LogP contribution in [0.25, 0.3) is 0 Å². The molecule has 0 aliphatic carbocycles. The number of benzene rings is 1. The number of carbonyl (C=O) groups is 1. The third-order valence-electron chi connectivity index (χ3n) is 4.73. The quantitative estimate of drug-likeness (QED) is 0.856. The Morgan fingerprint density at radius 3 is 2.45 bits per heavy atom. The van der Waals surface area contributed by atoms with Gasteiger partial charge in [0.1, 0.15) is 0 Å². The van der Waals surface area contributed by atoms with Crippen LogP contribution < -0.4 is 14.8 Å². The number of fused-ring (bicyclic) bond motifs is 1. The molecular formula is C16H21NO3. The first-order valence-electron chi connectivity index (χ1n) is 7.13. The van der Waals surface area contributed by atoms with Crippen molar-refractivity contribution in [3.63, 3.8) is 0 Å². The molecule has 4 nitrogen and oxygen atoms in total. The third kappa shape index (κ3) is 1.94. The van der Waals surface area contributed by atoms with E-state index in [1.165, 1.54) is 0 Å². The highest BCUT2D eigenvalue weighted by molar-refractivity contribution is 5.82. The van der Waals surface area contributed by atoms with E-state index in [1.807, 2.05) is 12.1 Å². The van der Waals surface area contributed by atoms with Crippen LogP contribution in [0, 0.1) is 0 Å². The number of amides is 1. The van der Waals surface area contributed by atoms with Gasteiger partial charge in [0, 0.05) is 23.8 Å². The zero-order valence-electron chi connectivity index (χ0n) is 12.3. The molecule has 0 radical (unpaired) electrons. The van der Waals surface area contributed by atoms with Gasteiger partial charge in [-0.3, -0.25) is 4.79 Å². The topological polar surface area (TPSA) is 47.6 Å². The number of carbonyl (C=O) groups excluding carboxylic acids is 1. The molecule has 0 bridgehead atoms. The van der Waals surface area contributed by atoms with Gasteiger partial charge in [0.05, 0.1) is 13.2 Å². The summed E-state index contributed by atoms with van der Waals surface area (Å²) in [6, 6.07) is 6.04. The second kappa shape index (κ2) is 4.40. The molecule has 1 saturated heterocycles. The van der Waals surface area contributed by atoms with Gasteiger partial charge in [0.15, 0.2) is 11.5 Å². The van der Waals surface area contributed by atoms with E-state index in [0.717, 1.165) is 23.5 Å². The Morgan fingerprint density at radius 1 is 1.10 bits per heavy atom. The number of ether oxygens (including phenoxy) is 2. The van der Waals surface area contributed by atoms with E-state index in [1.54, 1.807) is 0 Å². The third-order valence-corrected chi connectivity index (χ3v) is 4.73. The van der Waals surface area contributed by atoms with E-state index in [9.17, 15) is 4.79 Å². The fraction of sp³-hybridized carbons (Fsp3) is 0.562. The van der Waals surface area contributed by atoms with E-state index in [2.05, 4.69) is 32.2 Å². The highest BCUT2D eigenvalue weighted by Gasteiger charge is 2.50. The summed E-state index contributed by atoms with van der Waals surface area (Å²) >= 11 is 0. The smallest absolute Gasteiger partial charge is 0.221 e. The molecule has 20 heavy (non-hydrogen) atoms. The highest BCUT2D eigenvalue weighted by Crippen LogP contribution is 2.45. The zero-order valence-corrected chi connectivity index (χ0v) is 12.3. The lowest BCUT2D eigenvalue weighted by molar-refractivity contribution is -0.119. The number of hydrogen-bond donors (Lipinski definition) is 1. The SMILES string of the molecule is CC1(C)NC(=O)CC1(C)c1ccc2c(c1)OCCCO2. The van der Waals surface area contributed by atoms with Crippen molar-refractivity contribution in [3.05, 3.63) is 23.8 Å². The Kier molecular flexibility index (Phi) is 2.92. The fourth-order valence-corrected chi connectivity index (χ4v) is 3.04. The molecule has 2 heterocycles. The van der Waals surface area contributed by atoms with Crippen LogP contribution in [-0.4, -0.2) is 24.7 Å². The molecule has 2 aliphatic heterocycles. The van der Waals surface area contributed by atoms with Gasteiger partial charge in [-0.2, -0.15) is 0 Å². The minimum absolute atomic E-state index is 0.101. The van der Waals surface area contributed by atoms with Gasteiger partial charge in [-0.1, -0.05) is 13.0 Å². The van der Waals surface area contributed by atoms with Gasteiger partial charge in [-0.25, -0.2) is 0 Å². The number of rotatable bonds is 1.